The maximum atomic E-state index is 9.72. The van der Waals surface area contributed by atoms with Crippen LogP contribution in [0.1, 0.15) is 42.3 Å². The summed E-state index contributed by atoms with van der Waals surface area (Å²) in [5, 5.41) is 18.2. The minimum Gasteiger partial charge on any atom is -0.508 e. The summed E-state index contributed by atoms with van der Waals surface area (Å²) in [6, 6.07) is 10.1. The first-order chi connectivity index (χ1) is 13.5. The SMILES string of the molecule is CCc1cc(NC2CCCN(Cc3cccc(O)c3)C2)n2nc(C)c(C)c2n1. The number of anilines is 1. The second-order valence-electron chi connectivity index (χ2n) is 7.82. The Morgan fingerprint density at radius 2 is 2.11 bits per heavy atom. The Bertz CT molecular complexity index is 980. The van der Waals surface area contributed by atoms with Crippen LogP contribution in [0.15, 0.2) is 30.3 Å². The number of nitrogens with zero attached hydrogens (tertiary/aromatic N) is 4. The second kappa shape index (κ2) is 7.80. The molecule has 0 aliphatic carbocycles. The molecule has 4 rings (SSSR count). The Morgan fingerprint density at radius 1 is 1.25 bits per heavy atom. The summed E-state index contributed by atoms with van der Waals surface area (Å²) in [5.74, 6) is 1.36. The van der Waals surface area contributed by atoms with Gasteiger partial charge in [-0.1, -0.05) is 19.1 Å². The molecule has 1 fully saturated rings. The minimum atomic E-state index is 0.333. The maximum Gasteiger partial charge on any atom is 0.160 e. The van der Waals surface area contributed by atoms with Gasteiger partial charge in [0, 0.05) is 36.5 Å². The molecule has 6 heteroatoms. The van der Waals surface area contributed by atoms with E-state index in [0.29, 0.717) is 11.8 Å². The number of nitrogens with one attached hydrogen (secondary N) is 1. The molecule has 2 N–H and O–H groups in total. The highest BCUT2D eigenvalue weighted by Crippen LogP contribution is 2.22. The molecule has 1 aliphatic rings. The summed E-state index contributed by atoms with van der Waals surface area (Å²) >= 11 is 0. The first kappa shape index (κ1) is 18.7. The Balaban J connectivity index is 1.53. The van der Waals surface area contributed by atoms with E-state index < -0.39 is 0 Å². The van der Waals surface area contributed by atoms with Crippen LogP contribution in [-0.2, 0) is 13.0 Å². The van der Waals surface area contributed by atoms with Crippen molar-refractivity contribution >= 4 is 11.5 Å². The lowest BCUT2D eigenvalue weighted by atomic mass is 10.0. The highest BCUT2D eigenvalue weighted by molar-refractivity contribution is 5.56. The van der Waals surface area contributed by atoms with Gasteiger partial charge < -0.3 is 10.4 Å². The van der Waals surface area contributed by atoms with Crippen molar-refractivity contribution in [3.8, 4) is 5.75 Å². The van der Waals surface area contributed by atoms with Gasteiger partial charge in [0.25, 0.3) is 0 Å². The number of hydrogen-bond acceptors (Lipinski definition) is 5. The third-order valence-corrected chi connectivity index (χ3v) is 5.65. The second-order valence-corrected chi connectivity index (χ2v) is 7.82. The number of phenols is 1. The van der Waals surface area contributed by atoms with E-state index in [-0.39, 0.29) is 0 Å². The van der Waals surface area contributed by atoms with Gasteiger partial charge in [-0.3, -0.25) is 4.90 Å². The zero-order valence-corrected chi connectivity index (χ0v) is 16.9. The van der Waals surface area contributed by atoms with Crippen molar-refractivity contribution in [2.24, 2.45) is 0 Å². The molecule has 0 spiro atoms. The van der Waals surface area contributed by atoms with Gasteiger partial charge in [0.1, 0.15) is 11.6 Å². The Kier molecular flexibility index (Phi) is 5.22. The molecule has 3 aromatic rings. The van der Waals surface area contributed by atoms with Crippen LogP contribution in [0.25, 0.3) is 5.65 Å². The van der Waals surface area contributed by atoms with Crippen molar-refractivity contribution in [1.29, 1.82) is 0 Å². The van der Waals surface area contributed by atoms with Crippen molar-refractivity contribution in [3.63, 3.8) is 0 Å². The van der Waals surface area contributed by atoms with E-state index >= 15 is 0 Å². The fraction of sp³-hybridized carbons (Fsp3) is 0.455. The van der Waals surface area contributed by atoms with Crippen LogP contribution < -0.4 is 5.32 Å². The lowest BCUT2D eigenvalue weighted by molar-refractivity contribution is 0.208. The van der Waals surface area contributed by atoms with Crippen LogP contribution in [0.4, 0.5) is 5.82 Å². The molecule has 1 atom stereocenters. The van der Waals surface area contributed by atoms with Crippen LogP contribution in [0.5, 0.6) is 5.75 Å². The predicted molar refractivity (Wildman–Crippen MR) is 112 cm³/mol. The van der Waals surface area contributed by atoms with Gasteiger partial charge >= 0.3 is 0 Å². The van der Waals surface area contributed by atoms with Crippen LogP contribution in [0, 0.1) is 13.8 Å². The number of fused-ring (bicyclic) bond motifs is 1. The number of likely N-dealkylation sites (tertiary alicyclic amines) is 1. The molecular weight excluding hydrogens is 350 g/mol. The fourth-order valence-corrected chi connectivity index (χ4v) is 4.00. The van der Waals surface area contributed by atoms with E-state index in [4.69, 9.17) is 10.1 Å². The molecule has 2 aromatic heterocycles. The minimum absolute atomic E-state index is 0.333. The van der Waals surface area contributed by atoms with Gasteiger partial charge in [-0.05, 0) is 57.4 Å². The predicted octanol–water partition coefficient (Wildman–Crippen LogP) is 3.69. The molecule has 0 amide bonds. The first-order valence-electron chi connectivity index (χ1n) is 10.2. The number of phenolic OH excluding ortho intramolecular Hbond substituents is 1. The van der Waals surface area contributed by atoms with Gasteiger partial charge in [0.2, 0.25) is 0 Å². The monoisotopic (exact) mass is 379 g/mol. The van der Waals surface area contributed by atoms with Crippen molar-refractivity contribution in [1.82, 2.24) is 19.5 Å². The van der Waals surface area contributed by atoms with E-state index in [9.17, 15) is 5.11 Å². The molecule has 3 heterocycles. The van der Waals surface area contributed by atoms with E-state index in [0.717, 1.165) is 72.9 Å². The van der Waals surface area contributed by atoms with Crippen molar-refractivity contribution in [2.75, 3.05) is 18.4 Å². The summed E-state index contributed by atoms with van der Waals surface area (Å²) < 4.78 is 1.96. The molecule has 1 aromatic carbocycles. The number of rotatable bonds is 5. The number of aryl methyl sites for hydroxylation is 3. The van der Waals surface area contributed by atoms with Crippen LogP contribution in [-0.4, -0.2) is 43.7 Å². The zero-order valence-electron chi connectivity index (χ0n) is 16.9. The molecule has 0 bridgehead atoms. The van der Waals surface area contributed by atoms with Crippen molar-refractivity contribution in [2.45, 2.75) is 52.6 Å². The van der Waals surface area contributed by atoms with Gasteiger partial charge in [0.05, 0.1) is 5.69 Å². The molecule has 1 saturated heterocycles. The quantitative estimate of drug-likeness (QED) is 0.708. The zero-order chi connectivity index (χ0) is 19.7. The van der Waals surface area contributed by atoms with Gasteiger partial charge in [-0.25, -0.2) is 4.98 Å². The lowest BCUT2D eigenvalue weighted by Gasteiger charge is -2.33. The summed E-state index contributed by atoms with van der Waals surface area (Å²) in [6.45, 7) is 9.18. The molecule has 0 radical (unpaired) electrons. The average molecular weight is 380 g/mol. The number of piperidine rings is 1. The molecule has 0 saturated carbocycles. The van der Waals surface area contributed by atoms with E-state index in [2.05, 4.69) is 36.2 Å². The number of benzene rings is 1. The molecule has 1 unspecified atom stereocenters. The Morgan fingerprint density at radius 3 is 2.89 bits per heavy atom. The summed E-state index contributed by atoms with van der Waals surface area (Å²) in [6.07, 6.45) is 3.20. The standard InChI is InChI=1S/C22H29N5O/c1-4-18-12-21(27-22(24-18)15(2)16(3)25-27)23-19-8-6-10-26(14-19)13-17-7-5-9-20(28)11-17/h5,7,9,11-12,19,23,28H,4,6,8,10,13-14H2,1-3H3. The number of aromatic nitrogens is 3. The highest BCUT2D eigenvalue weighted by atomic mass is 16.3. The van der Waals surface area contributed by atoms with E-state index in [1.54, 1.807) is 6.07 Å². The van der Waals surface area contributed by atoms with Crippen LogP contribution in [0.2, 0.25) is 0 Å². The number of hydrogen-bond donors (Lipinski definition) is 2. The van der Waals surface area contributed by atoms with E-state index in [1.807, 2.05) is 23.6 Å². The Hall–Kier alpha value is -2.60. The normalized spacial score (nSPS) is 17.9. The number of aromatic hydroxyl groups is 1. The molecular formula is C22H29N5O. The van der Waals surface area contributed by atoms with Gasteiger partial charge in [-0.2, -0.15) is 9.61 Å². The highest BCUT2D eigenvalue weighted by Gasteiger charge is 2.22. The molecule has 148 valence electrons. The summed E-state index contributed by atoms with van der Waals surface area (Å²) in [4.78, 5) is 7.23. The third kappa shape index (κ3) is 3.83. The topological polar surface area (TPSA) is 65.7 Å². The third-order valence-electron chi connectivity index (χ3n) is 5.65. The smallest absolute Gasteiger partial charge is 0.160 e. The summed E-state index contributed by atoms with van der Waals surface area (Å²) in [5.41, 5.74) is 5.36. The first-order valence-corrected chi connectivity index (χ1v) is 10.2. The van der Waals surface area contributed by atoms with Crippen LogP contribution in [0.3, 0.4) is 0 Å². The van der Waals surface area contributed by atoms with Gasteiger partial charge in [-0.15, -0.1) is 0 Å². The molecule has 28 heavy (non-hydrogen) atoms. The maximum absolute atomic E-state index is 9.72. The molecule has 6 nitrogen and oxygen atoms in total. The van der Waals surface area contributed by atoms with E-state index in [1.165, 1.54) is 0 Å². The van der Waals surface area contributed by atoms with Crippen molar-refractivity contribution in [3.05, 3.63) is 52.8 Å². The average Bonchev–Trinajstić information content (AvgIpc) is 2.97. The van der Waals surface area contributed by atoms with Crippen LogP contribution >= 0.6 is 0 Å². The largest absolute Gasteiger partial charge is 0.508 e. The lowest BCUT2D eigenvalue weighted by Crippen LogP contribution is -2.42. The van der Waals surface area contributed by atoms with Crippen molar-refractivity contribution < 1.29 is 5.11 Å². The fourth-order valence-electron chi connectivity index (χ4n) is 4.00. The molecule has 1 aliphatic heterocycles. The summed E-state index contributed by atoms with van der Waals surface area (Å²) in [7, 11) is 0. The Labute approximate surface area is 166 Å². The van der Waals surface area contributed by atoms with Gasteiger partial charge in [0.15, 0.2) is 5.65 Å².